The zero-order valence-electron chi connectivity index (χ0n) is 19.3. The Morgan fingerprint density at radius 3 is 2.67 bits per heavy atom. The highest BCUT2D eigenvalue weighted by Gasteiger charge is 2.28. The number of likely N-dealkylation sites (tertiary alicyclic amines) is 1. The average Bonchev–Trinajstić information content (AvgIpc) is 3.34. The zero-order chi connectivity index (χ0) is 23.6. The lowest BCUT2D eigenvalue weighted by atomic mass is 9.89. The van der Waals surface area contributed by atoms with E-state index < -0.39 is 0 Å². The molecule has 1 saturated heterocycles. The Morgan fingerprint density at radius 2 is 1.97 bits per heavy atom. The summed E-state index contributed by atoms with van der Waals surface area (Å²) in [5.41, 5.74) is 2.31. The van der Waals surface area contributed by atoms with Gasteiger partial charge in [-0.2, -0.15) is 0 Å². The first-order valence-electron chi connectivity index (χ1n) is 11.4. The van der Waals surface area contributed by atoms with Crippen LogP contribution in [0.5, 0.6) is 0 Å². The van der Waals surface area contributed by atoms with Gasteiger partial charge < -0.3 is 15.5 Å². The summed E-state index contributed by atoms with van der Waals surface area (Å²) in [5.74, 6) is -0.214. The van der Waals surface area contributed by atoms with Gasteiger partial charge in [-0.1, -0.05) is 18.2 Å². The monoisotopic (exact) mass is 468 g/mol. The van der Waals surface area contributed by atoms with E-state index in [0.29, 0.717) is 25.2 Å². The van der Waals surface area contributed by atoms with Gasteiger partial charge in [0.05, 0.1) is 17.8 Å². The molecule has 2 aromatic rings. The van der Waals surface area contributed by atoms with Gasteiger partial charge in [-0.05, 0) is 56.7 Å². The minimum Gasteiger partial charge on any atom is -0.352 e. The van der Waals surface area contributed by atoms with Crippen LogP contribution < -0.4 is 10.6 Å². The molecule has 176 valence electrons. The number of thiophene rings is 1. The van der Waals surface area contributed by atoms with Gasteiger partial charge in [-0.25, -0.2) is 0 Å². The van der Waals surface area contributed by atoms with Crippen LogP contribution in [0.25, 0.3) is 0 Å². The number of nitrogens with one attached hydrogen (secondary N) is 2. The third-order valence-electron chi connectivity index (χ3n) is 5.76. The van der Waals surface area contributed by atoms with E-state index in [4.69, 9.17) is 4.98 Å². The number of rotatable bonds is 9. The standard InChI is InChI=1S/C25H32N4O3S/c1-3-4-7-22(30)27-17-23(31)29-14-11-19(12-15-29)24-21(9-8-18(2)28-24)25(32)26-13-10-20-6-5-16-33-20/h3-6,8-9,16,19H,7,10-15,17H2,1-2H3,(H,26,32)(H,27,30). The molecule has 0 aliphatic carbocycles. The van der Waals surface area contributed by atoms with Crippen molar-refractivity contribution >= 4 is 29.1 Å². The van der Waals surface area contributed by atoms with Crippen LogP contribution in [0.2, 0.25) is 0 Å². The van der Waals surface area contributed by atoms with Crippen LogP contribution in [0, 0.1) is 6.92 Å². The maximum absolute atomic E-state index is 12.9. The molecule has 0 saturated carbocycles. The van der Waals surface area contributed by atoms with E-state index in [0.717, 1.165) is 30.7 Å². The van der Waals surface area contributed by atoms with Crippen molar-refractivity contribution in [2.75, 3.05) is 26.2 Å². The van der Waals surface area contributed by atoms with Crippen molar-refractivity contribution in [1.82, 2.24) is 20.5 Å². The van der Waals surface area contributed by atoms with Crippen LogP contribution >= 0.6 is 11.3 Å². The van der Waals surface area contributed by atoms with Gasteiger partial charge in [-0.3, -0.25) is 19.4 Å². The zero-order valence-corrected chi connectivity index (χ0v) is 20.1. The second kappa shape index (κ2) is 12.3. The first-order chi connectivity index (χ1) is 16.0. The highest BCUT2D eigenvalue weighted by molar-refractivity contribution is 7.09. The van der Waals surface area contributed by atoms with E-state index in [2.05, 4.69) is 16.7 Å². The van der Waals surface area contributed by atoms with Crippen molar-refractivity contribution in [2.24, 2.45) is 0 Å². The minimum atomic E-state index is -0.157. The van der Waals surface area contributed by atoms with E-state index in [1.807, 2.05) is 43.5 Å². The minimum absolute atomic E-state index is 0.0155. The molecule has 33 heavy (non-hydrogen) atoms. The molecule has 1 aliphatic rings. The van der Waals surface area contributed by atoms with Crippen molar-refractivity contribution in [3.05, 3.63) is 63.6 Å². The van der Waals surface area contributed by atoms with Gasteiger partial charge in [0.25, 0.3) is 5.91 Å². The quantitative estimate of drug-likeness (QED) is 0.553. The molecule has 3 heterocycles. The maximum Gasteiger partial charge on any atom is 0.253 e. The van der Waals surface area contributed by atoms with Crippen molar-refractivity contribution < 1.29 is 14.4 Å². The summed E-state index contributed by atoms with van der Waals surface area (Å²) >= 11 is 1.69. The highest BCUT2D eigenvalue weighted by Crippen LogP contribution is 2.29. The number of piperidine rings is 1. The van der Waals surface area contributed by atoms with E-state index in [1.54, 1.807) is 22.3 Å². The topological polar surface area (TPSA) is 91.4 Å². The molecule has 0 spiro atoms. The van der Waals surface area contributed by atoms with Crippen LogP contribution in [-0.4, -0.2) is 53.8 Å². The predicted molar refractivity (Wildman–Crippen MR) is 130 cm³/mol. The van der Waals surface area contributed by atoms with Gasteiger partial charge in [0.2, 0.25) is 11.8 Å². The van der Waals surface area contributed by atoms with E-state index in [1.165, 1.54) is 4.88 Å². The second-order valence-electron chi connectivity index (χ2n) is 8.18. The van der Waals surface area contributed by atoms with E-state index in [9.17, 15) is 14.4 Å². The molecule has 0 aromatic carbocycles. The fourth-order valence-electron chi connectivity index (χ4n) is 3.91. The summed E-state index contributed by atoms with van der Waals surface area (Å²) < 4.78 is 0. The molecular weight excluding hydrogens is 436 g/mol. The Morgan fingerprint density at radius 1 is 1.18 bits per heavy atom. The number of aromatic nitrogens is 1. The molecule has 3 rings (SSSR count). The number of carbonyl (C=O) groups excluding carboxylic acids is 3. The largest absolute Gasteiger partial charge is 0.352 e. The van der Waals surface area contributed by atoms with Gasteiger partial charge >= 0.3 is 0 Å². The number of hydrogen-bond acceptors (Lipinski definition) is 5. The number of pyridine rings is 1. The molecule has 0 unspecified atom stereocenters. The van der Waals surface area contributed by atoms with Crippen LogP contribution in [-0.2, 0) is 16.0 Å². The third kappa shape index (κ3) is 7.25. The molecule has 2 aromatic heterocycles. The van der Waals surface area contributed by atoms with E-state index in [-0.39, 0.29) is 36.6 Å². The number of allylic oxidation sites excluding steroid dienone is 1. The third-order valence-corrected chi connectivity index (χ3v) is 6.69. The summed E-state index contributed by atoms with van der Waals surface area (Å²) in [6.45, 7) is 5.55. The van der Waals surface area contributed by atoms with Crippen LogP contribution in [0.15, 0.2) is 41.8 Å². The molecule has 0 bridgehead atoms. The molecule has 8 heteroatoms. The Kier molecular flexibility index (Phi) is 9.18. The molecule has 2 N–H and O–H groups in total. The predicted octanol–water partition coefficient (Wildman–Crippen LogP) is 3.21. The highest BCUT2D eigenvalue weighted by atomic mass is 32.1. The van der Waals surface area contributed by atoms with Crippen LogP contribution in [0.4, 0.5) is 0 Å². The van der Waals surface area contributed by atoms with Crippen molar-refractivity contribution in [2.45, 2.75) is 45.4 Å². The van der Waals surface area contributed by atoms with Crippen molar-refractivity contribution in [3.8, 4) is 0 Å². The molecule has 1 aliphatic heterocycles. The number of nitrogens with zero attached hydrogens (tertiary/aromatic N) is 2. The summed E-state index contributed by atoms with van der Waals surface area (Å²) in [6, 6.07) is 7.81. The Balaban J connectivity index is 1.54. The van der Waals surface area contributed by atoms with Gasteiger partial charge in [0.15, 0.2) is 0 Å². The Bertz CT molecular complexity index is 980. The first-order valence-corrected chi connectivity index (χ1v) is 12.3. The number of hydrogen-bond donors (Lipinski definition) is 2. The second-order valence-corrected chi connectivity index (χ2v) is 9.21. The van der Waals surface area contributed by atoms with Gasteiger partial charge in [-0.15, -0.1) is 11.3 Å². The maximum atomic E-state index is 12.9. The lowest BCUT2D eigenvalue weighted by molar-refractivity contribution is -0.133. The normalized spacial score (nSPS) is 14.4. The fraction of sp³-hybridized carbons (Fsp3) is 0.440. The first kappa shape index (κ1) is 24.6. The fourth-order valence-corrected chi connectivity index (χ4v) is 4.62. The molecule has 3 amide bonds. The SMILES string of the molecule is CC=CCC(=O)NCC(=O)N1CCC(c2nc(C)ccc2C(=O)NCCc2cccs2)CC1. The average molecular weight is 469 g/mol. The van der Waals surface area contributed by atoms with Gasteiger partial charge in [0.1, 0.15) is 0 Å². The lowest BCUT2D eigenvalue weighted by Crippen LogP contribution is -2.44. The molecule has 0 radical (unpaired) electrons. The summed E-state index contributed by atoms with van der Waals surface area (Å²) in [4.78, 5) is 44.8. The lowest BCUT2D eigenvalue weighted by Gasteiger charge is -2.32. The number of carbonyl (C=O) groups is 3. The number of aryl methyl sites for hydroxylation is 1. The summed E-state index contributed by atoms with van der Waals surface area (Å²) in [5, 5.41) is 7.73. The Labute approximate surface area is 199 Å². The van der Waals surface area contributed by atoms with Crippen LogP contribution in [0.1, 0.15) is 58.7 Å². The molecule has 7 nitrogen and oxygen atoms in total. The summed E-state index contributed by atoms with van der Waals surface area (Å²) in [7, 11) is 0. The van der Waals surface area contributed by atoms with E-state index >= 15 is 0 Å². The van der Waals surface area contributed by atoms with Crippen LogP contribution in [0.3, 0.4) is 0 Å². The molecule has 1 fully saturated rings. The number of amides is 3. The van der Waals surface area contributed by atoms with Crippen molar-refractivity contribution in [3.63, 3.8) is 0 Å². The summed E-state index contributed by atoms with van der Waals surface area (Å²) in [6.07, 6.45) is 6.14. The van der Waals surface area contributed by atoms with Crippen molar-refractivity contribution in [1.29, 1.82) is 0 Å². The molecular formula is C25H32N4O3S. The Hall–Kier alpha value is -3.00. The van der Waals surface area contributed by atoms with Gasteiger partial charge in [0, 0.05) is 42.5 Å². The smallest absolute Gasteiger partial charge is 0.253 e. The molecule has 0 atom stereocenters.